The molecule has 4 rings (SSSR count). The third-order valence-corrected chi connectivity index (χ3v) is 3.55. The van der Waals surface area contributed by atoms with Crippen molar-refractivity contribution in [2.45, 2.75) is 38.5 Å². The molecular weight excluding hydrogens is 371 g/mol. The van der Waals surface area contributed by atoms with Crippen molar-refractivity contribution in [2.75, 3.05) is 0 Å². The Morgan fingerprint density at radius 2 is 0.800 bits per heavy atom. The van der Waals surface area contributed by atoms with Crippen LogP contribution in [0.2, 0.25) is 0 Å². The van der Waals surface area contributed by atoms with Crippen molar-refractivity contribution < 1.29 is 48.4 Å². The van der Waals surface area contributed by atoms with Crippen molar-refractivity contribution in [3.8, 4) is 0 Å². The Morgan fingerprint density at radius 3 is 0.850 bits per heavy atom. The first kappa shape index (κ1) is 17.8. The van der Waals surface area contributed by atoms with E-state index in [1.165, 1.54) is 38.5 Å². The molecule has 4 nitrogen and oxygen atoms in total. The van der Waals surface area contributed by atoms with Crippen LogP contribution in [0.25, 0.3) is 0 Å². The molecule has 4 aliphatic carbocycles. The summed E-state index contributed by atoms with van der Waals surface area (Å²) in [5, 5.41) is 0. The maximum atomic E-state index is 8.49. The van der Waals surface area contributed by atoms with Crippen molar-refractivity contribution >= 4 is 0 Å². The first-order valence-corrected chi connectivity index (χ1v) is 7.50. The molecule has 2 fully saturated rings. The Morgan fingerprint density at radius 1 is 0.600 bits per heavy atom. The van der Waals surface area contributed by atoms with Crippen LogP contribution in [0.15, 0.2) is 46.6 Å². The fraction of sp³-hybridized carbons (Fsp3) is 0.429. The Kier molecular flexibility index (Phi) is 6.79. The van der Waals surface area contributed by atoms with E-state index in [4.69, 9.17) is 18.6 Å². The van der Waals surface area contributed by atoms with E-state index in [9.17, 15) is 0 Å². The van der Waals surface area contributed by atoms with E-state index in [1.807, 2.05) is 0 Å². The number of rotatable bonds is 0. The van der Waals surface area contributed by atoms with Gasteiger partial charge in [-0.25, -0.2) is 18.6 Å². The first-order chi connectivity index (χ1) is 8.90. The SMILES string of the molecule is C1=C2CCC(=C1)C2.C1=C2CCC(=C1)C2.[O-][Cl+3]([O-])([O-])[O-].[Rh]. The number of halogens is 1. The molecule has 0 unspecified atom stereocenters. The summed E-state index contributed by atoms with van der Waals surface area (Å²) in [7, 11) is -4.94. The number of allylic oxidation sites excluding steroid dienone is 8. The van der Waals surface area contributed by atoms with Gasteiger partial charge in [-0.15, -0.1) is 10.2 Å². The van der Waals surface area contributed by atoms with Crippen LogP contribution in [0.1, 0.15) is 38.5 Å². The monoisotopic (exact) mass is 386 g/mol. The Labute approximate surface area is 133 Å². The van der Waals surface area contributed by atoms with Crippen LogP contribution in [0.3, 0.4) is 0 Å². The molecule has 6 heteroatoms. The van der Waals surface area contributed by atoms with Crippen LogP contribution in [0, 0.1) is 10.2 Å². The first-order valence-electron chi connectivity index (χ1n) is 6.27. The van der Waals surface area contributed by atoms with E-state index >= 15 is 0 Å². The third kappa shape index (κ3) is 6.44. The van der Waals surface area contributed by atoms with Crippen LogP contribution >= 0.6 is 0 Å². The smallest absolute Gasteiger partial charge is 0 e. The van der Waals surface area contributed by atoms with Gasteiger partial charge >= 0.3 is 0 Å². The summed E-state index contributed by atoms with van der Waals surface area (Å²) in [4.78, 5) is 0. The minimum atomic E-state index is -4.94. The second kappa shape index (κ2) is 7.64. The molecule has 4 bridgehead atoms. The van der Waals surface area contributed by atoms with Gasteiger partial charge in [-0.05, 0) is 38.5 Å². The third-order valence-electron chi connectivity index (χ3n) is 3.55. The van der Waals surface area contributed by atoms with Crippen LogP contribution < -0.4 is 18.6 Å². The predicted molar refractivity (Wildman–Crippen MR) is 60.0 cm³/mol. The van der Waals surface area contributed by atoms with Gasteiger partial charge in [0.05, 0.1) is 0 Å². The predicted octanol–water partition coefficient (Wildman–Crippen LogP) is -0.685. The molecule has 0 spiro atoms. The van der Waals surface area contributed by atoms with Gasteiger partial charge in [-0.2, -0.15) is 0 Å². The van der Waals surface area contributed by atoms with Gasteiger partial charge in [-0.3, -0.25) is 0 Å². The Hall–Kier alpha value is -0.287. The molecule has 0 aliphatic heterocycles. The van der Waals surface area contributed by atoms with E-state index in [0.717, 1.165) is 0 Å². The van der Waals surface area contributed by atoms with Crippen molar-refractivity contribution in [1.29, 1.82) is 0 Å². The molecule has 0 atom stereocenters. The summed E-state index contributed by atoms with van der Waals surface area (Å²) < 4.78 is 34.0. The largest absolute Gasteiger partial charge is 0.222 e. The molecule has 20 heavy (non-hydrogen) atoms. The van der Waals surface area contributed by atoms with Crippen LogP contribution in [0.4, 0.5) is 0 Å². The molecule has 0 saturated heterocycles. The van der Waals surface area contributed by atoms with Crippen molar-refractivity contribution in [3.05, 3.63) is 46.6 Å². The summed E-state index contributed by atoms with van der Waals surface area (Å²) in [6, 6.07) is 0. The number of hydrogen-bond acceptors (Lipinski definition) is 4. The molecule has 2 saturated carbocycles. The summed E-state index contributed by atoms with van der Waals surface area (Å²) in [5.41, 5.74) is 6.59. The van der Waals surface area contributed by atoms with Gasteiger partial charge in [0.15, 0.2) is 0 Å². The van der Waals surface area contributed by atoms with Crippen LogP contribution in [-0.4, -0.2) is 0 Å². The van der Waals surface area contributed by atoms with Gasteiger partial charge in [0, 0.05) is 19.5 Å². The maximum Gasteiger partial charge on any atom is 0 e. The van der Waals surface area contributed by atoms with Gasteiger partial charge in [0.25, 0.3) is 0 Å². The fourth-order valence-electron chi connectivity index (χ4n) is 2.62. The van der Waals surface area contributed by atoms with Crippen molar-refractivity contribution in [3.63, 3.8) is 0 Å². The minimum Gasteiger partial charge on any atom is -0.222 e. The van der Waals surface area contributed by atoms with E-state index in [1.54, 1.807) is 22.3 Å². The standard InChI is InChI=1S/2C7H8.ClHO4.Rh/c2*1-2-7-4-3-6(1)5-7;2-1(3,4)5;/h2*1-2H,3-5H2;(H,2,3,4,5);/p-1. The average molecular weight is 387 g/mol. The average Bonchev–Trinajstić information content (AvgIpc) is 3.10. The molecular formula is C14H16ClO4Rh-. The maximum absolute atomic E-state index is 8.49. The van der Waals surface area contributed by atoms with Crippen LogP contribution in [0.5, 0.6) is 0 Å². The van der Waals surface area contributed by atoms with Crippen molar-refractivity contribution in [1.82, 2.24) is 0 Å². The summed E-state index contributed by atoms with van der Waals surface area (Å²) in [5.74, 6) is 0. The molecule has 0 heterocycles. The molecule has 0 N–H and O–H groups in total. The second-order valence-electron chi connectivity index (χ2n) is 5.03. The Balaban J connectivity index is 0.000000150. The fourth-order valence-corrected chi connectivity index (χ4v) is 2.62. The Bertz CT molecular complexity index is 392. The normalized spacial score (nSPS) is 20.6. The van der Waals surface area contributed by atoms with E-state index in [2.05, 4.69) is 24.3 Å². The molecule has 0 aromatic heterocycles. The summed E-state index contributed by atoms with van der Waals surface area (Å²) in [6.45, 7) is 0. The summed E-state index contributed by atoms with van der Waals surface area (Å²) in [6.07, 6.45) is 17.1. The molecule has 4 aliphatic rings. The van der Waals surface area contributed by atoms with E-state index in [0.29, 0.717) is 0 Å². The zero-order valence-electron chi connectivity index (χ0n) is 10.9. The number of hydrogen-bond donors (Lipinski definition) is 0. The zero-order chi connectivity index (χ0) is 13.9. The molecule has 113 valence electrons. The quantitative estimate of drug-likeness (QED) is 0.515. The van der Waals surface area contributed by atoms with Gasteiger partial charge < -0.3 is 0 Å². The minimum absolute atomic E-state index is 0. The van der Waals surface area contributed by atoms with Gasteiger partial charge in [0.1, 0.15) is 0 Å². The zero-order valence-corrected chi connectivity index (χ0v) is 13.3. The van der Waals surface area contributed by atoms with E-state index in [-0.39, 0.29) is 19.5 Å². The molecule has 0 aromatic carbocycles. The molecule has 1 radical (unpaired) electrons. The van der Waals surface area contributed by atoms with Gasteiger partial charge in [0.2, 0.25) is 0 Å². The van der Waals surface area contributed by atoms with Crippen LogP contribution in [-0.2, 0) is 19.5 Å². The van der Waals surface area contributed by atoms with Crippen molar-refractivity contribution in [2.24, 2.45) is 0 Å². The van der Waals surface area contributed by atoms with E-state index < -0.39 is 10.2 Å². The number of fused-ring (bicyclic) bond motifs is 4. The summed E-state index contributed by atoms with van der Waals surface area (Å²) >= 11 is 0. The topological polar surface area (TPSA) is 92.2 Å². The second-order valence-corrected chi connectivity index (χ2v) is 5.79. The molecule has 0 amide bonds. The molecule has 0 aromatic rings. The van der Waals surface area contributed by atoms with Gasteiger partial charge in [-0.1, -0.05) is 46.6 Å².